The van der Waals surface area contributed by atoms with Crippen LogP contribution in [0.5, 0.6) is 11.5 Å². The van der Waals surface area contributed by atoms with Gasteiger partial charge in [0.25, 0.3) is 0 Å². The summed E-state index contributed by atoms with van der Waals surface area (Å²) in [4.78, 5) is 24.6. The molecular formula is C21H22N2O4. The van der Waals surface area contributed by atoms with Crippen molar-refractivity contribution in [2.75, 3.05) is 6.61 Å². The lowest BCUT2D eigenvalue weighted by atomic mass is 9.94. The summed E-state index contributed by atoms with van der Waals surface area (Å²) in [7, 11) is 0. The van der Waals surface area contributed by atoms with Gasteiger partial charge in [0, 0.05) is 5.70 Å². The summed E-state index contributed by atoms with van der Waals surface area (Å²) in [6.07, 6.45) is 0.512. The van der Waals surface area contributed by atoms with Gasteiger partial charge in [0.2, 0.25) is 0 Å². The van der Waals surface area contributed by atoms with Gasteiger partial charge in [0.1, 0.15) is 11.5 Å². The summed E-state index contributed by atoms with van der Waals surface area (Å²) in [5.41, 5.74) is 1.72. The van der Waals surface area contributed by atoms with Gasteiger partial charge in [0.05, 0.1) is 18.2 Å². The number of para-hydroxylation sites is 1. The minimum Gasteiger partial charge on any atom is -0.463 e. The van der Waals surface area contributed by atoms with E-state index in [2.05, 4.69) is 10.6 Å². The van der Waals surface area contributed by atoms with Gasteiger partial charge in [0.15, 0.2) is 0 Å². The summed E-state index contributed by atoms with van der Waals surface area (Å²) in [6.45, 7) is 3.89. The molecule has 3 rings (SSSR count). The third-order valence-corrected chi connectivity index (χ3v) is 4.17. The van der Waals surface area contributed by atoms with Crippen LogP contribution in [0.15, 0.2) is 65.9 Å². The van der Waals surface area contributed by atoms with E-state index >= 15 is 0 Å². The molecule has 0 aliphatic carbocycles. The van der Waals surface area contributed by atoms with Gasteiger partial charge in [-0.15, -0.1) is 0 Å². The van der Waals surface area contributed by atoms with Gasteiger partial charge in [-0.3, -0.25) is 0 Å². The van der Waals surface area contributed by atoms with Gasteiger partial charge >= 0.3 is 12.0 Å². The Labute approximate surface area is 158 Å². The Morgan fingerprint density at radius 2 is 1.78 bits per heavy atom. The van der Waals surface area contributed by atoms with E-state index in [4.69, 9.17) is 9.47 Å². The van der Waals surface area contributed by atoms with Crippen LogP contribution in [0.1, 0.15) is 31.9 Å². The molecule has 0 saturated carbocycles. The number of hydrogen-bond acceptors (Lipinski definition) is 4. The summed E-state index contributed by atoms with van der Waals surface area (Å²) in [6, 6.07) is 15.8. The van der Waals surface area contributed by atoms with E-state index in [1.807, 2.05) is 61.5 Å². The normalized spacial score (nSPS) is 16.4. The number of rotatable bonds is 6. The van der Waals surface area contributed by atoms with Crippen molar-refractivity contribution in [3.63, 3.8) is 0 Å². The first kappa shape index (κ1) is 18.5. The van der Waals surface area contributed by atoms with E-state index in [0.717, 1.165) is 5.56 Å². The van der Waals surface area contributed by atoms with Gasteiger partial charge in [-0.05, 0) is 43.2 Å². The Balaban J connectivity index is 1.96. The monoisotopic (exact) mass is 366 g/mol. The number of amides is 2. The molecule has 2 N–H and O–H groups in total. The van der Waals surface area contributed by atoms with Crippen LogP contribution in [0.25, 0.3) is 0 Å². The maximum Gasteiger partial charge on any atom is 0.338 e. The second kappa shape index (κ2) is 8.40. The fourth-order valence-corrected chi connectivity index (χ4v) is 2.98. The van der Waals surface area contributed by atoms with Gasteiger partial charge in [-0.1, -0.05) is 37.3 Å². The Hall–Kier alpha value is -3.28. The second-order valence-electron chi connectivity index (χ2n) is 5.99. The molecule has 6 heteroatoms. The standard InChI is InChI=1S/C21H22N2O4/c1-3-17-18(20(24)26-4-2)19(23-21(25)22-17)14-9-8-12-16(13-14)27-15-10-6-5-7-11-15/h5-13,19H,3-4H2,1-2H3,(H2,22,23,25). The Morgan fingerprint density at radius 3 is 2.48 bits per heavy atom. The number of urea groups is 1. The maximum atomic E-state index is 12.5. The largest absolute Gasteiger partial charge is 0.463 e. The third-order valence-electron chi connectivity index (χ3n) is 4.17. The minimum absolute atomic E-state index is 0.261. The average Bonchev–Trinajstić information content (AvgIpc) is 2.68. The van der Waals surface area contributed by atoms with Gasteiger partial charge < -0.3 is 20.1 Å². The molecule has 1 aliphatic heterocycles. The predicted octanol–water partition coefficient (Wildman–Crippen LogP) is 4.06. The fourth-order valence-electron chi connectivity index (χ4n) is 2.98. The first-order chi connectivity index (χ1) is 13.1. The molecule has 0 bridgehead atoms. The number of esters is 1. The van der Waals surface area contributed by atoms with Crippen LogP contribution in [-0.2, 0) is 9.53 Å². The number of carbonyl (C=O) groups is 2. The van der Waals surface area contributed by atoms with Crippen molar-refractivity contribution in [1.29, 1.82) is 0 Å². The molecule has 0 aromatic heterocycles. The summed E-state index contributed by atoms with van der Waals surface area (Å²) in [5.74, 6) is 0.883. The van der Waals surface area contributed by atoms with E-state index in [0.29, 0.717) is 29.2 Å². The molecule has 2 aromatic carbocycles. The van der Waals surface area contributed by atoms with Crippen molar-refractivity contribution in [3.8, 4) is 11.5 Å². The van der Waals surface area contributed by atoms with Gasteiger partial charge in [-0.2, -0.15) is 0 Å². The SMILES string of the molecule is CCOC(=O)C1=C(CC)NC(=O)NC1c1cccc(Oc2ccccc2)c1. The van der Waals surface area contributed by atoms with Crippen LogP contribution < -0.4 is 15.4 Å². The van der Waals surface area contributed by atoms with Crippen molar-refractivity contribution >= 4 is 12.0 Å². The zero-order chi connectivity index (χ0) is 19.2. The number of benzene rings is 2. The Bertz CT molecular complexity index is 861. The fraction of sp³-hybridized carbons (Fsp3) is 0.238. The van der Waals surface area contributed by atoms with Crippen molar-refractivity contribution in [2.45, 2.75) is 26.3 Å². The number of ether oxygens (including phenoxy) is 2. The topological polar surface area (TPSA) is 76.7 Å². The van der Waals surface area contributed by atoms with E-state index in [9.17, 15) is 9.59 Å². The van der Waals surface area contributed by atoms with Crippen LogP contribution in [-0.4, -0.2) is 18.6 Å². The quantitative estimate of drug-likeness (QED) is 0.756. The molecule has 1 atom stereocenters. The van der Waals surface area contributed by atoms with Crippen LogP contribution in [0.3, 0.4) is 0 Å². The lowest BCUT2D eigenvalue weighted by Gasteiger charge is -2.29. The molecule has 1 unspecified atom stereocenters. The molecule has 0 saturated heterocycles. The second-order valence-corrected chi connectivity index (χ2v) is 5.99. The molecule has 0 spiro atoms. The highest BCUT2D eigenvalue weighted by Gasteiger charge is 2.33. The highest BCUT2D eigenvalue weighted by Crippen LogP contribution is 2.31. The highest BCUT2D eigenvalue weighted by atomic mass is 16.5. The van der Waals surface area contributed by atoms with E-state index < -0.39 is 12.0 Å². The molecule has 6 nitrogen and oxygen atoms in total. The number of allylic oxidation sites excluding steroid dienone is 1. The Kier molecular flexibility index (Phi) is 5.76. The summed E-state index contributed by atoms with van der Waals surface area (Å²) >= 11 is 0. The van der Waals surface area contributed by atoms with E-state index in [1.54, 1.807) is 6.92 Å². The molecule has 27 heavy (non-hydrogen) atoms. The van der Waals surface area contributed by atoms with Gasteiger partial charge in [-0.25, -0.2) is 9.59 Å². The molecule has 2 amide bonds. The van der Waals surface area contributed by atoms with Crippen LogP contribution in [0, 0.1) is 0 Å². The zero-order valence-electron chi connectivity index (χ0n) is 15.3. The lowest BCUT2D eigenvalue weighted by Crippen LogP contribution is -2.45. The average molecular weight is 366 g/mol. The van der Waals surface area contributed by atoms with E-state index in [-0.39, 0.29) is 12.6 Å². The minimum atomic E-state index is -0.605. The van der Waals surface area contributed by atoms with Crippen molar-refractivity contribution in [3.05, 3.63) is 71.4 Å². The number of hydrogen-bond donors (Lipinski definition) is 2. The molecule has 1 aliphatic rings. The van der Waals surface area contributed by atoms with Crippen molar-refractivity contribution in [2.24, 2.45) is 0 Å². The van der Waals surface area contributed by atoms with E-state index in [1.165, 1.54) is 0 Å². The molecule has 2 aromatic rings. The Morgan fingerprint density at radius 1 is 1.04 bits per heavy atom. The summed E-state index contributed by atoms with van der Waals surface area (Å²) < 4.78 is 11.1. The maximum absolute atomic E-state index is 12.5. The number of carbonyl (C=O) groups excluding carboxylic acids is 2. The van der Waals surface area contributed by atoms with Crippen molar-refractivity contribution < 1.29 is 19.1 Å². The first-order valence-corrected chi connectivity index (χ1v) is 8.93. The molecule has 0 fully saturated rings. The molecule has 140 valence electrons. The third kappa shape index (κ3) is 4.28. The van der Waals surface area contributed by atoms with Crippen LogP contribution in [0.4, 0.5) is 4.79 Å². The zero-order valence-corrected chi connectivity index (χ0v) is 15.3. The molecule has 0 radical (unpaired) electrons. The van der Waals surface area contributed by atoms with Crippen LogP contribution in [0.2, 0.25) is 0 Å². The summed E-state index contributed by atoms with van der Waals surface area (Å²) in [5, 5.41) is 5.52. The van der Waals surface area contributed by atoms with Crippen LogP contribution >= 0.6 is 0 Å². The number of nitrogens with one attached hydrogen (secondary N) is 2. The first-order valence-electron chi connectivity index (χ1n) is 8.93. The molecule has 1 heterocycles. The predicted molar refractivity (Wildman–Crippen MR) is 101 cm³/mol. The van der Waals surface area contributed by atoms with Crippen molar-refractivity contribution in [1.82, 2.24) is 10.6 Å². The lowest BCUT2D eigenvalue weighted by molar-refractivity contribution is -0.139. The smallest absolute Gasteiger partial charge is 0.338 e. The highest BCUT2D eigenvalue weighted by molar-refractivity contribution is 5.95. The molecular weight excluding hydrogens is 344 g/mol.